The summed E-state index contributed by atoms with van der Waals surface area (Å²) in [5.74, 6) is -3.34. The highest BCUT2D eigenvalue weighted by atomic mass is 32.2. The van der Waals surface area contributed by atoms with Crippen LogP contribution in [0, 0.1) is 0 Å². The number of carbonyl (C=O) groups is 5. The largest absolute Gasteiger partial charge is 0.480 e. The van der Waals surface area contributed by atoms with Gasteiger partial charge in [0.15, 0.2) is 18.3 Å². The van der Waals surface area contributed by atoms with Crippen LogP contribution in [0.3, 0.4) is 0 Å². The van der Waals surface area contributed by atoms with E-state index < -0.39 is 65.7 Å². The first-order chi connectivity index (χ1) is 16.0. The summed E-state index contributed by atoms with van der Waals surface area (Å²) in [5.41, 5.74) is 4.58. The number of unbranched alkanes of at least 4 members (excludes halogenated alkanes) is 1. The van der Waals surface area contributed by atoms with Crippen LogP contribution >= 0.6 is 11.8 Å². The lowest BCUT2D eigenvalue weighted by molar-refractivity contribution is -0.229. The number of thioether (sulfide) groups is 1. The average molecular weight is 507 g/mol. The van der Waals surface area contributed by atoms with Crippen molar-refractivity contribution < 1.29 is 48.0 Å². The van der Waals surface area contributed by atoms with Crippen LogP contribution in [0.1, 0.15) is 53.4 Å². The van der Waals surface area contributed by atoms with Gasteiger partial charge in [0.05, 0.1) is 6.10 Å². The molecule has 13 heteroatoms. The van der Waals surface area contributed by atoms with Gasteiger partial charge in [-0.1, -0.05) is 0 Å². The van der Waals surface area contributed by atoms with E-state index in [4.69, 9.17) is 24.7 Å². The predicted molar refractivity (Wildman–Crippen MR) is 121 cm³/mol. The van der Waals surface area contributed by atoms with Crippen molar-refractivity contribution in [2.45, 2.75) is 89.3 Å². The van der Waals surface area contributed by atoms with Crippen molar-refractivity contribution in [1.82, 2.24) is 5.32 Å². The molecule has 0 saturated carbocycles. The summed E-state index contributed by atoms with van der Waals surface area (Å²) in [5, 5.41) is 11.8. The maximum atomic E-state index is 12.3. The second kappa shape index (κ2) is 14.8. The molecule has 0 radical (unpaired) electrons. The molecule has 1 saturated heterocycles. The van der Waals surface area contributed by atoms with Gasteiger partial charge in [-0.05, 0) is 32.7 Å². The molecule has 12 nitrogen and oxygen atoms in total. The SMILES string of the molecule is CC(=O)O[C@@H]1[C@H](OC(C)=O)[C@H](C)O[C@H](SCCC(=O)N[C@@H](CCCCN)C(=O)O)[C@H]1OC(C)=O. The Morgan fingerprint density at radius 3 is 2.06 bits per heavy atom. The molecule has 1 aliphatic rings. The summed E-state index contributed by atoms with van der Waals surface area (Å²) in [4.78, 5) is 58.6. The molecule has 1 amide bonds. The lowest BCUT2D eigenvalue weighted by Crippen LogP contribution is -2.59. The molecule has 0 unspecified atom stereocenters. The molecule has 0 aromatic rings. The quantitative estimate of drug-likeness (QED) is 0.177. The summed E-state index contributed by atoms with van der Waals surface area (Å²) in [7, 11) is 0. The maximum Gasteiger partial charge on any atom is 0.326 e. The zero-order valence-corrected chi connectivity index (χ0v) is 20.6. The lowest BCUT2D eigenvalue weighted by Gasteiger charge is -2.43. The van der Waals surface area contributed by atoms with E-state index in [2.05, 4.69) is 5.32 Å². The zero-order chi connectivity index (χ0) is 25.8. The Balaban J connectivity index is 2.83. The third kappa shape index (κ3) is 10.3. The van der Waals surface area contributed by atoms with Crippen molar-refractivity contribution in [3.63, 3.8) is 0 Å². The minimum absolute atomic E-state index is 0.0298. The molecular weight excluding hydrogens is 472 g/mol. The Labute approximate surface area is 202 Å². The molecule has 6 atom stereocenters. The maximum absolute atomic E-state index is 12.3. The molecule has 4 N–H and O–H groups in total. The fourth-order valence-electron chi connectivity index (χ4n) is 3.39. The van der Waals surface area contributed by atoms with Crippen molar-refractivity contribution in [1.29, 1.82) is 0 Å². The number of nitrogens with one attached hydrogen (secondary N) is 1. The summed E-state index contributed by atoms with van der Waals surface area (Å²) in [6.07, 6.45) is -2.45. The third-order valence-electron chi connectivity index (χ3n) is 4.82. The molecule has 0 aromatic heterocycles. The second-order valence-electron chi connectivity index (χ2n) is 7.80. The molecule has 34 heavy (non-hydrogen) atoms. The molecule has 1 aliphatic heterocycles. The second-order valence-corrected chi connectivity index (χ2v) is 9.00. The van der Waals surface area contributed by atoms with Gasteiger partial charge >= 0.3 is 23.9 Å². The molecule has 0 bridgehead atoms. The molecule has 1 rings (SSSR count). The Bertz CT molecular complexity index is 734. The van der Waals surface area contributed by atoms with E-state index in [-0.39, 0.29) is 18.6 Å². The number of nitrogens with two attached hydrogens (primary N) is 1. The summed E-state index contributed by atoms with van der Waals surface area (Å²) >= 11 is 1.13. The molecule has 0 spiro atoms. The molecule has 0 aliphatic carbocycles. The average Bonchev–Trinajstić information content (AvgIpc) is 2.71. The van der Waals surface area contributed by atoms with Gasteiger partial charge in [0.1, 0.15) is 11.5 Å². The first kappa shape index (κ1) is 29.7. The number of hydrogen-bond donors (Lipinski definition) is 3. The van der Waals surface area contributed by atoms with E-state index in [0.29, 0.717) is 19.4 Å². The smallest absolute Gasteiger partial charge is 0.326 e. The van der Waals surface area contributed by atoms with Crippen molar-refractivity contribution in [2.75, 3.05) is 12.3 Å². The number of carbonyl (C=O) groups excluding carboxylic acids is 4. The fraction of sp³-hybridized carbons (Fsp3) is 0.762. The first-order valence-electron chi connectivity index (χ1n) is 11.0. The summed E-state index contributed by atoms with van der Waals surface area (Å²) in [6, 6.07) is -1.01. The van der Waals surface area contributed by atoms with Gasteiger partial charge in [-0.2, -0.15) is 0 Å². The van der Waals surface area contributed by atoms with Crippen LogP contribution in [0.15, 0.2) is 0 Å². The van der Waals surface area contributed by atoms with Crippen LogP contribution in [0.2, 0.25) is 0 Å². The number of hydrogen-bond acceptors (Lipinski definition) is 11. The van der Waals surface area contributed by atoms with Crippen LogP contribution < -0.4 is 11.1 Å². The van der Waals surface area contributed by atoms with E-state index in [9.17, 15) is 29.1 Å². The first-order valence-corrected chi connectivity index (χ1v) is 12.0. The van der Waals surface area contributed by atoms with E-state index in [1.54, 1.807) is 6.92 Å². The van der Waals surface area contributed by atoms with Crippen molar-refractivity contribution in [3.8, 4) is 0 Å². The molecular formula is C21H34N2O10S. The highest BCUT2D eigenvalue weighted by Crippen LogP contribution is 2.34. The Hall–Kier alpha value is -2.38. The normalized spacial score (nSPS) is 25.0. The Kier molecular flexibility index (Phi) is 12.9. The number of amides is 1. The van der Waals surface area contributed by atoms with Gasteiger partial charge < -0.3 is 35.1 Å². The minimum Gasteiger partial charge on any atom is -0.480 e. The number of carboxylic acid groups (broad SMARTS) is 1. The zero-order valence-electron chi connectivity index (χ0n) is 19.8. The van der Waals surface area contributed by atoms with Gasteiger partial charge in [-0.15, -0.1) is 11.8 Å². The Morgan fingerprint density at radius 1 is 0.971 bits per heavy atom. The topological polar surface area (TPSA) is 181 Å². The van der Waals surface area contributed by atoms with E-state index in [1.165, 1.54) is 20.8 Å². The van der Waals surface area contributed by atoms with Crippen molar-refractivity contribution in [2.24, 2.45) is 5.73 Å². The van der Waals surface area contributed by atoms with E-state index in [0.717, 1.165) is 11.8 Å². The molecule has 1 fully saturated rings. The van der Waals surface area contributed by atoms with Crippen LogP contribution in [-0.4, -0.2) is 83.1 Å². The molecule has 194 valence electrons. The van der Waals surface area contributed by atoms with E-state index in [1.807, 2.05) is 0 Å². The van der Waals surface area contributed by atoms with Gasteiger partial charge in [-0.25, -0.2) is 4.79 Å². The van der Waals surface area contributed by atoms with Gasteiger partial charge in [0, 0.05) is 32.9 Å². The van der Waals surface area contributed by atoms with Crippen molar-refractivity contribution in [3.05, 3.63) is 0 Å². The summed E-state index contributed by atoms with van der Waals surface area (Å²) in [6.45, 7) is 5.60. The van der Waals surface area contributed by atoms with Crippen LogP contribution in [-0.2, 0) is 42.9 Å². The van der Waals surface area contributed by atoms with Gasteiger partial charge in [0.2, 0.25) is 5.91 Å². The Morgan fingerprint density at radius 2 is 1.53 bits per heavy atom. The number of ether oxygens (including phenoxy) is 4. The van der Waals surface area contributed by atoms with Crippen molar-refractivity contribution >= 4 is 41.5 Å². The standard InChI is InChI=1S/C21H34N2O10S/c1-11-17(31-12(2)24)18(32-13(3)25)19(33-14(4)26)21(30-11)34-10-8-16(27)23-15(20(28)29)7-5-6-9-22/h11,15,17-19,21H,5-10,22H2,1-4H3,(H,23,27)(H,28,29)/t11-,15-,17+,18+,19-,21+/m0/s1. The summed E-state index contributed by atoms with van der Waals surface area (Å²) < 4.78 is 21.8. The fourth-order valence-corrected chi connectivity index (χ4v) is 4.58. The number of aliphatic carboxylic acids is 1. The highest BCUT2D eigenvalue weighted by Gasteiger charge is 2.50. The monoisotopic (exact) mass is 506 g/mol. The predicted octanol–water partition coefficient (Wildman–Crippen LogP) is 0.348. The van der Waals surface area contributed by atoms with Crippen LogP contribution in [0.4, 0.5) is 0 Å². The highest BCUT2D eigenvalue weighted by molar-refractivity contribution is 7.99. The number of esters is 3. The number of carboxylic acids is 1. The van der Waals surface area contributed by atoms with Gasteiger partial charge in [0.25, 0.3) is 0 Å². The minimum atomic E-state index is -1.13. The van der Waals surface area contributed by atoms with Crippen LogP contribution in [0.25, 0.3) is 0 Å². The van der Waals surface area contributed by atoms with E-state index >= 15 is 0 Å². The molecule has 0 aromatic carbocycles. The van der Waals surface area contributed by atoms with Crippen LogP contribution in [0.5, 0.6) is 0 Å². The third-order valence-corrected chi connectivity index (χ3v) is 5.97. The number of rotatable bonds is 13. The molecule has 1 heterocycles. The van der Waals surface area contributed by atoms with Gasteiger partial charge in [-0.3, -0.25) is 19.2 Å². The lowest BCUT2D eigenvalue weighted by atomic mass is 10.00.